The molecule has 0 radical (unpaired) electrons. The summed E-state index contributed by atoms with van der Waals surface area (Å²) in [4.78, 5) is 0. The fourth-order valence-electron chi connectivity index (χ4n) is 2.58. The Morgan fingerprint density at radius 2 is 2.00 bits per heavy atom. The van der Waals surface area contributed by atoms with Crippen LogP contribution in [0.3, 0.4) is 0 Å². The molecule has 0 spiro atoms. The first-order chi connectivity index (χ1) is 9.22. The molecule has 0 aromatic heterocycles. The van der Waals surface area contributed by atoms with Crippen molar-refractivity contribution in [3.05, 3.63) is 34.9 Å². The predicted molar refractivity (Wildman–Crippen MR) is 83.0 cm³/mol. The van der Waals surface area contributed by atoms with Gasteiger partial charge in [0.1, 0.15) is 0 Å². The largest absolute Gasteiger partial charge is 0.383 e. The fraction of sp³-hybridized carbons (Fsp3) is 0.625. The number of ether oxygens (including phenoxy) is 1. The molecule has 1 unspecified atom stereocenters. The van der Waals surface area contributed by atoms with Gasteiger partial charge in [-0.25, -0.2) is 0 Å². The van der Waals surface area contributed by atoms with E-state index < -0.39 is 0 Å². The summed E-state index contributed by atoms with van der Waals surface area (Å²) in [7, 11) is 1.73. The van der Waals surface area contributed by atoms with Crippen LogP contribution >= 0.6 is 11.6 Å². The molecule has 0 heterocycles. The second-order valence-electron chi connectivity index (χ2n) is 4.93. The second-order valence-corrected chi connectivity index (χ2v) is 5.37. The first-order valence-electron chi connectivity index (χ1n) is 7.18. The van der Waals surface area contributed by atoms with E-state index in [1.807, 2.05) is 12.1 Å². The molecule has 3 heteroatoms. The molecule has 0 fully saturated rings. The lowest BCUT2D eigenvalue weighted by Crippen LogP contribution is -2.28. The molecular formula is C16H26ClNO. The Bertz CT molecular complexity index is 352. The summed E-state index contributed by atoms with van der Waals surface area (Å²) in [6, 6.07) is 8.27. The van der Waals surface area contributed by atoms with E-state index in [0.717, 1.165) is 24.7 Å². The summed E-state index contributed by atoms with van der Waals surface area (Å²) in [5, 5.41) is 4.31. The van der Waals surface area contributed by atoms with Gasteiger partial charge < -0.3 is 10.1 Å². The average molecular weight is 284 g/mol. The van der Waals surface area contributed by atoms with Gasteiger partial charge >= 0.3 is 0 Å². The number of nitrogens with one attached hydrogen (secondary N) is 1. The van der Waals surface area contributed by atoms with Crippen LogP contribution in [0.15, 0.2) is 24.3 Å². The molecular weight excluding hydrogens is 258 g/mol. The molecule has 1 N–H and O–H groups in total. The van der Waals surface area contributed by atoms with Crippen LogP contribution in [0.1, 0.15) is 38.2 Å². The monoisotopic (exact) mass is 283 g/mol. The summed E-state index contributed by atoms with van der Waals surface area (Å²) in [5.74, 6) is 1.21. The number of hydrogen-bond acceptors (Lipinski definition) is 2. The highest BCUT2D eigenvalue weighted by Crippen LogP contribution is 2.30. The Morgan fingerprint density at radius 3 is 2.58 bits per heavy atom. The minimum absolute atomic E-state index is 0.519. The van der Waals surface area contributed by atoms with E-state index in [1.165, 1.54) is 18.4 Å². The molecule has 2 nitrogen and oxygen atoms in total. The van der Waals surface area contributed by atoms with Crippen molar-refractivity contribution in [1.82, 2.24) is 5.32 Å². The first kappa shape index (κ1) is 16.5. The van der Waals surface area contributed by atoms with Crippen molar-refractivity contribution in [2.24, 2.45) is 5.92 Å². The smallest absolute Gasteiger partial charge is 0.0587 e. The van der Waals surface area contributed by atoms with Crippen molar-refractivity contribution < 1.29 is 4.74 Å². The van der Waals surface area contributed by atoms with Gasteiger partial charge in [-0.3, -0.25) is 0 Å². The van der Waals surface area contributed by atoms with Crippen LogP contribution in [0, 0.1) is 5.92 Å². The fourth-order valence-corrected chi connectivity index (χ4v) is 2.78. The lowest BCUT2D eigenvalue weighted by molar-refractivity contribution is 0.197. The molecule has 1 aromatic rings. The van der Waals surface area contributed by atoms with Gasteiger partial charge in [0, 0.05) is 25.2 Å². The van der Waals surface area contributed by atoms with Crippen molar-refractivity contribution in [1.29, 1.82) is 0 Å². The molecule has 108 valence electrons. The zero-order chi connectivity index (χ0) is 14.1. The zero-order valence-corrected chi connectivity index (χ0v) is 13.0. The van der Waals surface area contributed by atoms with Gasteiger partial charge in [0.15, 0.2) is 0 Å². The summed E-state index contributed by atoms with van der Waals surface area (Å²) < 4.78 is 5.08. The van der Waals surface area contributed by atoms with Gasteiger partial charge in [0.05, 0.1) is 6.61 Å². The van der Waals surface area contributed by atoms with E-state index in [0.29, 0.717) is 11.8 Å². The molecule has 1 atom stereocenters. The summed E-state index contributed by atoms with van der Waals surface area (Å²) in [6.45, 7) is 7.16. The number of halogens is 1. The quantitative estimate of drug-likeness (QED) is 0.689. The third-order valence-electron chi connectivity index (χ3n) is 3.74. The molecule has 0 amide bonds. The maximum absolute atomic E-state index is 6.12. The number of benzene rings is 1. The van der Waals surface area contributed by atoms with Crippen molar-refractivity contribution in [3.63, 3.8) is 0 Å². The van der Waals surface area contributed by atoms with Gasteiger partial charge in [0.2, 0.25) is 0 Å². The topological polar surface area (TPSA) is 21.3 Å². The van der Waals surface area contributed by atoms with E-state index in [4.69, 9.17) is 16.3 Å². The SMILES string of the molecule is CCC(CC)C(CNCCOC)c1cccc(Cl)c1. The van der Waals surface area contributed by atoms with Crippen LogP contribution in [-0.2, 0) is 4.74 Å². The Labute approximate surface area is 122 Å². The minimum Gasteiger partial charge on any atom is -0.383 e. The third-order valence-corrected chi connectivity index (χ3v) is 3.98. The lowest BCUT2D eigenvalue weighted by Gasteiger charge is -2.26. The Hall–Kier alpha value is -0.570. The molecule has 0 aliphatic rings. The molecule has 1 aromatic carbocycles. The molecule has 0 aliphatic carbocycles. The highest BCUT2D eigenvalue weighted by Gasteiger charge is 2.20. The number of rotatable bonds is 9. The van der Waals surface area contributed by atoms with E-state index in [-0.39, 0.29) is 0 Å². The van der Waals surface area contributed by atoms with Crippen molar-refractivity contribution in [2.75, 3.05) is 26.8 Å². The highest BCUT2D eigenvalue weighted by atomic mass is 35.5. The molecule has 0 saturated heterocycles. The normalized spacial score (nSPS) is 12.9. The van der Waals surface area contributed by atoms with Gasteiger partial charge in [-0.2, -0.15) is 0 Å². The van der Waals surface area contributed by atoms with E-state index in [1.54, 1.807) is 7.11 Å². The van der Waals surface area contributed by atoms with Crippen LogP contribution in [0.25, 0.3) is 0 Å². The highest BCUT2D eigenvalue weighted by molar-refractivity contribution is 6.30. The molecule has 0 saturated carbocycles. The average Bonchev–Trinajstić information content (AvgIpc) is 2.42. The van der Waals surface area contributed by atoms with E-state index >= 15 is 0 Å². The van der Waals surface area contributed by atoms with Crippen LogP contribution in [0.4, 0.5) is 0 Å². The lowest BCUT2D eigenvalue weighted by atomic mass is 9.82. The van der Waals surface area contributed by atoms with Crippen LogP contribution in [0.5, 0.6) is 0 Å². The Morgan fingerprint density at radius 1 is 1.26 bits per heavy atom. The van der Waals surface area contributed by atoms with E-state index in [2.05, 4.69) is 31.3 Å². The van der Waals surface area contributed by atoms with Gasteiger partial charge in [-0.15, -0.1) is 0 Å². The maximum atomic E-state index is 6.12. The van der Waals surface area contributed by atoms with Gasteiger partial charge in [0.25, 0.3) is 0 Å². The zero-order valence-electron chi connectivity index (χ0n) is 12.3. The summed E-state index contributed by atoms with van der Waals surface area (Å²) >= 11 is 6.12. The second kappa shape index (κ2) is 9.35. The maximum Gasteiger partial charge on any atom is 0.0587 e. The number of methoxy groups -OCH3 is 1. The third kappa shape index (κ3) is 5.52. The molecule has 0 bridgehead atoms. The molecule has 1 rings (SSSR count). The van der Waals surface area contributed by atoms with E-state index in [9.17, 15) is 0 Å². The van der Waals surface area contributed by atoms with Gasteiger partial charge in [-0.1, -0.05) is 50.4 Å². The molecule has 19 heavy (non-hydrogen) atoms. The van der Waals surface area contributed by atoms with Crippen molar-refractivity contribution in [3.8, 4) is 0 Å². The Kier molecular flexibility index (Phi) is 8.11. The van der Waals surface area contributed by atoms with Crippen LogP contribution < -0.4 is 5.32 Å². The van der Waals surface area contributed by atoms with Crippen molar-refractivity contribution in [2.45, 2.75) is 32.6 Å². The number of hydrogen-bond donors (Lipinski definition) is 1. The van der Waals surface area contributed by atoms with Gasteiger partial charge in [-0.05, 0) is 29.5 Å². The summed E-state index contributed by atoms with van der Waals surface area (Å²) in [5.41, 5.74) is 1.34. The standard InChI is InChI=1S/C16H26ClNO/c1-4-13(5-2)16(12-18-9-10-19-3)14-7-6-8-15(17)11-14/h6-8,11,13,16,18H,4-5,9-10,12H2,1-3H3. The minimum atomic E-state index is 0.519. The van der Waals surface area contributed by atoms with Crippen molar-refractivity contribution >= 4 is 11.6 Å². The van der Waals surface area contributed by atoms with Crippen LogP contribution in [-0.4, -0.2) is 26.8 Å². The predicted octanol–water partition coefficient (Wildman–Crippen LogP) is 4.10. The summed E-state index contributed by atoms with van der Waals surface area (Å²) in [6.07, 6.45) is 2.39. The molecule has 0 aliphatic heterocycles. The first-order valence-corrected chi connectivity index (χ1v) is 7.55. The Balaban J connectivity index is 2.73. The van der Waals surface area contributed by atoms with Crippen LogP contribution in [0.2, 0.25) is 5.02 Å².